The van der Waals surface area contributed by atoms with Crippen LogP contribution in [0.4, 0.5) is 21.0 Å². The van der Waals surface area contributed by atoms with Crippen LogP contribution < -0.4 is 10.2 Å². The van der Waals surface area contributed by atoms with Crippen LogP contribution in [0.25, 0.3) is 0 Å². The van der Waals surface area contributed by atoms with E-state index in [4.69, 9.17) is 9.26 Å². The third kappa shape index (κ3) is 3.22. The Bertz CT molecular complexity index is 859. The molecule has 142 valence electrons. The van der Waals surface area contributed by atoms with E-state index in [0.717, 1.165) is 29.9 Å². The number of aryl methyl sites for hydroxylation is 2. The van der Waals surface area contributed by atoms with Crippen LogP contribution in [0.2, 0.25) is 0 Å². The molecule has 2 aliphatic heterocycles. The third-order valence-corrected chi connectivity index (χ3v) is 5.11. The van der Waals surface area contributed by atoms with Gasteiger partial charge in [0, 0.05) is 23.5 Å². The summed E-state index contributed by atoms with van der Waals surface area (Å²) in [7, 11) is 0. The first-order valence-electron chi connectivity index (χ1n) is 9.09. The summed E-state index contributed by atoms with van der Waals surface area (Å²) in [6.45, 7) is 5.35. The molecule has 1 atom stereocenters. The smallest absolute Gasteiger partial charge is 0.414 e. The van der Waals surface area contributed by atoms with Gasteiger partial charge in [0.25, 0.3) is 0 Å². The number of anilines is 2. The molecule has 1 aromatic heterocycles. The Morgan fingerprint density at radius 3 is 2.85 bits per heavy atom. The van der Waals surface area contributed by atoms with E-state index >= 15 is 0 Å². The van der Waals surface area contributed by atoms with Gasteiger partial charge in [0.15, 0.2) is 0 Å². The van der Waals surface area contributed by atoms with E-state index in [1.165, 1.54) is 0 Å². The predicted molar refractivity (Wildman–Crippen MR) is 98.8 cm³/mol. The summed E-state index contributed by atoms with van der Waals surface area (Å²) < 4.78 is 10.3. The highest BCUT2D eigenvalue weighted by molar-refractivity contribution is 5.93. The molecule has 3 heterocycles. The topological polar surface area (TPSA) is 87.9 Å². The van der Waals surface area contributed by atoms with Crippen LogP contribution in [0.3, 0.4) is 0 Å². The molecule has 1 N–H and O–H groups in total. The number of carbonyl (C=O) groups excluding carboxylic acids is 2. The molecule has 0 spiro atoms. The minimum absolute atomic E-state index is 0.0343. The Hall–Kier alpha value is -3.03. The van der Waals surface area contributed by atoms with Crippen molar-refractivity contribution < 1.29 is 18.8 Å². The average Bonchev–Trinajstić information content (AvgIpc) is 3.36. The van der Waals surface area contributed by atoms with Gasteiger partial charge in [-0.05, 0) is 44.9 Å². The first-order valence-corrected chi connectivity index (χ1v) is 9.09. The van der Waals surface area contributed by atoms with Crippen LogP contribution in [-0.2, 0) is 4.74 Å². The number of ether oxygens (including phenoxy) is 1. The predicted octanol–water partition coefficient (Wildman–Crippen LogP) is 3.62. The van der Waals surface area contributed by atoms with E-state index in [0.29, 0.717) is 31.1 Å². The molecular weight excluding hydrogens is 348 g/mol. The van der Waals surface area contributed by atoms with Crippen molar-refractivity contribution in [3.8, 4) is 0 Å². The van der Waals surface area contributed by atoms with Gasteiger partial charge >= 0.3 is 12.1 Å². The van der Waals surface area contributed by atoms with Gasteiger partial charge in [-0.3, -0.25) is 4.90 Å². The van der Waals surface area contributed by atoms with Crippen molar-refractivity contribution in [2.75, 3.05) is 29.9 Å². The highest BCUT2D eigenvalue weighted by atomic mass is 16.6. The second-order valence-electron chi connectivity index (χ2n) is 6.84. The zero-order valence-electron chi connectivity index (χ0n) is 15.4. The summed E-state index contributed by atoms with van der Waals surface area (Å²) in [6, 6.07) is 7.03. The van der Waals surface area contributed by atoms with Crippen molar-refractivity contribution in [2.45, 2.75) is 32.7 Å². The van der Waals surface area contributed by atoms with Gasteiger partial charge in [0.05, 0.1) is 18.3 Å². The molecule has 27 heavy (non-hydrogen) atoms. The van der Waals surface area contributed by atoms with Gasteiger partial charge in [-0.2, -0.15) is 0 Å². The summed E-state index contributed by atoms with van der Waals surface area (Å²) in [5, 5.41) is 6.97. The number of hydrogen-bond donors (Lipinski definition) is 1. The fourth-order valence-electron chi connectivity index (χ4n) is 3.85. The zero-order chi connectivity index (χ0) is 19.0. The number of rotatable bonds is 3. The van der Waals surface area contributed by atoms with Crippen LogP contribution >= 0.6 is 0 Å². The highest BCUT2D eigenvalue weighted by Crippen LogP contribution is 2.36. The highest BCUT2D eigenvalue weighted by Gasteiger charge is 2.34. The normalized spacial score (nSPS) is 19.5. The number of hydrogen-bond acceptors (Lipinski definition) is 5. The molecular formula is C19H22N4O4. The van der Waals surface area contributed by atoms with Crippen molar-refractivity contribution >= 4 is 23.5 Å². The number of likely N-dealkylation sites (tertiary alicyclic amines) is 1. The summed E-state index contributed by atoms with van der Waals surface area (Å²) in [5.74, 6) is 0.756. The largest absolute Gasteiger partial charge is 0.447 e. The first kappa shape index (κ1) is 17.4. The van der Waals surface area contributed by atoms with Gasteiger partial charge in [-0.25, -0.2) is 9.59 Å². The Balaban J connectivity index is 1.51. The van der Waals surface area contributed by atoms with E-state index in [-0.39, 0.29) is 18.2 Å². The molecule has 2 saturated heterocycles. The zero-order valence-corrected chi connectivity index (χ0v) is 15.4. The second kappa shape index (κ2) is 6.94. The van der Waals surface area contributed by atoms with Crippen LogP contribution in [0.1, 0.15) is 35.9 Å². The number of nitrogens with zero attached hydrogens (tertiary/aromatic N) is 3. The van der Waals surface area contributed by atoms with Crippen LogP contribution in [0.5, 0.6) is 0 Å². The number of amides is 3. The molecule has 8 heteroatoms. The quantitative estimate of drug-likeness (QED) is 0.891. The maximum absolute atomic E-state index is 12.9. The van der Waals surface area contributed by atoms with Crippen LogP contribution in [-0.4, -0.2) is 41.9 Å². The maximum atomic E-state index is 12.9. The Morgan fingerprint density at radius 2 is 2.15 bits per heavy atom. The summed E-state index contributed by atoms with van der Waals surface area (Å²) in [4.78, 5) is 28.0. The summed E-state index contributed by atoms with van der Waals surface area (Å²) >= 11 is 0. The number of urea groups is 1. The number of aromatic nitrogens is 1. The molecule has 0 aliphatic carbocycles. The average molecular weight is 370 g/mol. The standard InChI is InChI=1S/C19H22N4O4/c1-12-17(13(2)27-21-12)16-7-4-8-23(16)18(24)20-14-5-3-6-15(11-14)22-9-10-26-19(22)25/h3,5-6,11,16H,4,7-10H2,1-2H3,(H,20,24). The third-order valence-electron chi connectivity index (χ3n) is 5.11. The Kier molecular flexibility index (Phi) is 4.47. The van der Waals surface area contributed by atoms with Crippen molar-refractivity contribution in [1.29, 1.82) is 0 Å². The maximum Gasteiger partial charge on any atom is 0.414 e. The van der Waals surface area contributed by atoms with Crippen LogP contribution in [0, 0.1) is 13.8 Å². The monoisotopic (exact) mass is 370 g/mol. The molecule has 0 radical (unpaired) electrons. The molecule has 8 nitrogen and oxygen atoms in total. The fraction of sp³-hybridized carbons (Fsp3) is 0.421. The molecule has 0 saturated carbocycles. The number of nitrogens with one attached hydrogen (secondary N) is 1. The molecule has 3 amide bonds. The number of benzene rings is 1. The summed E-state index contributed by atoms with van der Waals surface area (Å²) in [6.07, 6.45) is 1.45. The second-order valence-corrected chi connectivity index (χ2v) is 6.84. The molecule has 4 rings (SSSR count). The van der Waals surface area contributed by atoms with Crippen molar-refractivity contribution in [2.24, 2.45) is 0 Å². The molecule has 2 fully saturated rings. The Labute approximate surface area is 157 Å². The fourth-order valence-corrected chi connectivity index (χ4v) is 3.85. The van der Waals surface area contributed by atoms with Crippen molar-refractivity contribution in [1.82, 2.24) is 10.1 Å². The molecule has 2 aliphatic rings. The van der Waals surface area contributed by atoms with Gasteiger partial charge in [-0.15, -0.1) is 0 Å². The number of carbonyl (C=O) groups is 2. The van der Waals surface area contributed by atoms with Gasteiger partial charge < -0.3 is 19.5 Å². The van der Waals surface area contributed by atoms with E-state index in [1.807, 2.05) is 36.9 Å². The lowest BCUT2D eigenvalue weighted by Gasteiger charge is -2.25. The van der Waals surface area contributed by atoms with E-state index < -0.39 is 0 Å². The number of cyclic esters (lactones) is 1. The van der Waals surface area contributed by atoms with E-state index in [1.54, 1.807) is 11.0 Å². The molecule has 1 unspecified atom stereocenters. The van der Waals surface area contributed by atoms with E-state index in [2.05, 4.69) is 10.5 Å². The Morgan fingerprint density at radius 1 is 1.30 bits per heavy atom. The SMILES string of the molecule is Cc1noc(C)c1C1CCCN1C(=O)Nc1cccc(N2CCOC2=O)c1. The van der Waals surface area contributed by atoms with E-state index in [9.17, 15) is 9.59 Å². The van der Waals surface area contributed by atoms with Gasteiger partial charge in [-0.1, -0.05) is 11.2 Å². The molecule has 0 bridgehead atoms. The lowest BCUT2D eigenvalue weighted by atomic mass is 10.0. The lowest BCUT2D eigenvalue weighted by molar-refractivity contribution is 0.181. The molecule has 2 aromatic rings. The molecule has 1 aromatic carbocycles. The first-order chi connectivity index (χ1) is 13.0. The lowest BCUT2D eigenvalue weighted by Crippen LogP contribution is -2.34. The van der Waals surface area contributed by atoms with Gasteiger partial charge in [0.1, 0.15) is 12.4 Å². The van der Waals surface area contributed by atoms with Crippen molar-refractivity contribution in [3.63, 3.8) is 0 Å². The van der Waals surface area contributed by atoms with Crippen molar-refractivity contribution in [3.05, 3.63) is 41.3 Å². The summed E-state index contributed by atoms with van der Waals surface area (Å²) in [5.41, 5.74) is 3.17. The minimum atomic E-state index is -0.364. The minimum Gasteiger partial charge on any atom is -0.447 e. The van der Waals surface area contributed by atoms with Crippen LogP contribution in [0.15, 0.2) is 28.8 Å². The van der Waals surface area contributed by atoms with Gasteiger partial charge in [0.2, 0.25) is 0 Å².